The summed E-state index contributed by atoms with van der Waals surface area (Å²) in [6, 6.07) is 23.9. The molecule has 1 nitrogen and oxygen atoms in total. The van der Waals surface area contributed by atoms with Crippen molar-refractivity contribution >= 4 is 29.1 Å². The molecule has 3 heteroatoms. The molecule has 5 rings (SSSR count). The van der Waals surface area contributed by atoms with Crippen LogP contribution in [0.1, 0.15) is 40.6 Å². The van der Waals surface area contributed by atoms with Gasteiger partial charge in [-0.05, 0) is 59.7 Å². The average molecular weight is 418 g/mol. The van der Waals surface area contributed by atoms with Crippen LogP contribution in [0.4, 0.5) is 5.69 Å². The van der Waals surface area contributed by atoms with E-state index in [4.69, 9.17) is 11.6 Å². The predicted molar refractivity (Wildman–Crippen MR) is 125 cm³/mol. The van der Waals surface area contributed by atoms with Gasteiger partial charge in [0.1, 0.15) is 0 Å². The topological polar surface area (TPSA) is 12.0 Å². The summed E-state index contributed by atoms with van der Waals surface area (Å²) in [6.45, 7) is 2.23. The molecule has 0 spiro atoms. The maximum absolute atomic E-state index is 6.58. The highest BCUT2D eigenvalue weighted by molar-refractivity contribution is 7.98. The number of fused-ring (bicyclic) bond motifs is 3. The Morgan fingerprint density at radius 2 is 1.79 bits per heavy atom. The molecule has 0 amide bonds. The first-order chi connectivity index (χ1) is 14.2. The van der Waals surface area contributed by atoms with Crippen LogP contribution in [0.3, 0.4) is 0 Å². The zero-order valence-corrected chi connectivity index (χ0v) is 18.0. The lowest BCUT2D eigenvalue weighted by atomic mass is 9.76. The fraction of sp³-hybridized carbons (Fsp3) is 0.231. The Morgan fingerprint density at radius 1 is 1.00 bits per heavy atom. The maximum atomic E-state index is 6.58. The summed E-state index contributed by atoms with van der Waals surface area (Å²) >= 11 is 8.48. The lowest BCUT2D eigenvalue weighted by molar-refractivity contribution is 0.425. The summed E-state index contributed by atoms with van der Waals surface area (Å²) in [5.41, 5.74) is 6.66. The maximum Gasteiger partial charge on any atom is 0.0568 e. The molecule has 1 aliphatic carbocycles. The molecule has 0 unspecified atom stereocenters. The van der Waals surface area contributed by atoms with Gasteiger partial charge in [0.25, 0.3) is 0 Å². The molecule has 3 aromatic rings. The normalized spacial score (nSPS) is 22.1. The molecule has 0 radical (unpaired) electrons. The van der Waals surface area contributed by atoms with Gasteiger partial charge >= 0.3 is 0 Å². The molecule has 146 valence electrons. The van der Waals surface area contributed by atoms with Gasteiger partial charge in [0.05, 0.1) is 6.04 Å². The average Bonchev–Trinajstić information content (AvgIpc) is 3.24. The summed E-state index contributed by atoms with van der Waals surface area (Å²) < 4.78 is 0. The van der Waals surface area contributed by atoms with Gasteiger partial charge in [-0.3, -0.25) is 0 Å². The lowest BCUT2D eigenvalue weighted by Gasteiger charge is -2.39. The van der Waals surface area contributed by atoms with E-state index in [1.807, 2.05) is 23.9 Å². The monoisotopic (exact) mass is 417 g/mol. The SMILES string of the molecule is Cc1cc(CSc2ccccc2)cc2c1N[C@H](c1ccccc1Cl)[C@@H]1CC=C[C@H]21. The van der Waals surface area contributed by atoms with Crippen molar-refractivity contribution in [1.29, 1.82) is 0 Å². The number of rotatable bonds is 4. The highest BCUT2D eigenvalue weighted by Crippen LogP contribution is 2.51. The largest absolute Gasteiger partial charge is 0.377 e. The minimum Gasteiger partial charge on any atom is -0.377 e. The summed E-state index contributed by atoms with van der Waals surface area (Å²) in [4.78, 5) is 1.32. The minimum absolute atomic E-state index is 0.249. The van der Waals surface area contributed by atoms with Gasteiger partial charge in [0, 0.05) is 27.3 Å². The Balaban J connectivity index is 1.48. The number of allylic oxidation sites excluding steroid dienone is 2. The molecule has 0 saturated heterocycles. The first-order valence-corrected chi connectivity index (χ1v) is 11.6. The van der Waals surface area contributed by atoms with Gasteiger partial charge in [0.15, 0.2) is 0 Å². The van der Waals surface area contributed by atoms with Crippen LogP contribution >= 0.6 is 23.4 Å². The van der Waals surface area contributed by atoms with Crippen LogP contribution in [0.15, 0.2) is 83.8 Å². The minimum atomic E-state index is 0.249. The van der Waals surface area contributed by atoms with Gasteiger partial charge < -0.3 is 5.32 Å². The van der Waals surface area contributed by atoms with Gasteiger partial charge in [-0.1, -0.05) is 72.3 Å². The lowest BCUT2D eigenvalue weighted by Crippen LogP contribution is -2.30. The Labute approximate surface area is 182 Å². The van der Waals surface area contributed by atoms with Crippen LogP contribution in [-0.2, 0) is 5.75 Å². The van der Waals surface area contributed by atoms with Crippen molar-refractivity contribution in [2.75, 3.05) is 5.32 Å². The second-order valence-corrected chi connectivity index (χ2v) is 9.43. The van der Waals surface area contributed by atoms with Gasteiger partial charge in [0.2, 0.25) is 0 Å². The van der Waals surface area contributed by atoms with E-state index < -0.39 is 0 Å². The molecule has 0 fully saturated rings. The summed E-state index contributed by atoms with van der Waals surface area (Å²) in [7, 11) is 0. The van der Waals surface area contributed by atoms with Crippen molar-refractivity contribution in [3.63, 3.8) is 0 Å². The number of thioether (sulfide) groups is 1. The Kier molecular flexibility index (Phi) is 5.15. The number of nitrogens with one attached hydrogen (secondary N) is 1. The van der Waals surface area contributed by atoms with E-state index in [-0.39, 0.29) is 6.04 Å². The molecule has 2 aliphatic rings. The van der Waals surface area contributed by atoms with Crippen molar-refractivity contribution in [2.45, 2.75) is 36.0 Å². The second kappa shape index (κ2) is 7.93. The third-order valence-corrected chi connectivity index (χ3v) is 7.54. The first-order valence-electron chi connectivity index (χ1n) is 10.2. The van der Waals surface area contributed by atoms with Crippen molar-refractivity contribution in [3.8, 4) is 0 Å². The number of hydrogen-bond acceptors (Lipinski definition) is 2. The van der Waals surface area contributed by atoms with Crippen molar-refractivity contribution in [1.82, 2.24) is 0 Å². The van der Waals surface area contributed by atoms with E-state index in [0.29, 0.717) is 11.8 Å². The van der Waals surface area contributed by atoms with Crippen molar-refractivity contribution in [2.24, 2.45) is 5.92 Å². The van der Waals surface area contributed by atoms with Crippen molar-refractivity contribution in [3.05, 3.63) is 106 Å². The highest BCUT2D eigenvalue weighted by atomic mass is 35.5. The molecule has 1 heterocycles. The molecule has 3 aromatic carbocycles. The van der Waals surface area contributed by atoms with Crippen LogP contribution in [0.5, 0.6) is 0 Å². The molecule has 1 aliphatic heterocycles. The number of hydrogen-bond donors (Lipinski definition) is 1. The number of aryl methyl sites for hydroxylation is 1. The molecule has 1 N–H and O–H groups in total. The fourth-order valence-electron chi connectivity index (χ4n) is 4.77. The van der Waals surface area contributed by atoms with Gasteiger partial charge in [-0.25, -0.2) is 0 Å². The third kappa shape index (κ3) is 3.60. The molecule has 3 atom stereocenters. The zero-order chi connectivity index (χ0) is 19.8. The summed E-state index contributed by atoms with van der Waals surface area (Å²) in [6.07, 6.45) is 5.84. The fourth-order valence-corrected chi connectivity index (χ4v) is 5.87. The molecular formula is C26H24ClNS. The van der Waals surface area contributed by atoms with E-state index in [9.17, 15) is 0 Å². The predicted octanol–water partition coefficient (Wildman–Crippen LogP) is 7.77. The Morgan fingerprint density at radius 3 is 2.62 bits per heavy atom. The molecule has 0 saturated carbocycles. The van der Waals surface area contributed by atoms with Gasteiger partial charge in [-0.15, -0.1) is 11.8 Å². The van der Waals surface area contributed by atoms with Crippen LogP contribution in [0.25, 0.3) is 0 Å². The Hall–Kier alpha value is -2.16. The quantitative estimate of drug-likeness (QED) is 0.343. The van der Waals surface area contributed by atoms with Crippen LogP contribution in [-0.4, -0.2) is 0 Å². The van der Waals surface area contributed by atoms with E-state index in [1.54, 1.807) is 0 Å². The zero-order valence-electron chi connectivity index (χ0n) is 16.4. The number of anilines is 1. The van der Waals surface area contributed by atoms with E-state index in [2.05, 4.69) is 79.0 Å². The highest BCUT2D eigenvalue weighted by Gasteiger charge is 2.39. The van der Waals surface area contributed by atoms with Gasteiger partial charge in [-0.2, -0.15) is 0 Å². The smallest absolute Gasteiger partial charge is 0.0568 e. The Bertz CT molecular complexity index is 1060. The van der Waals surface area contributed by atoms with Crippen LogP contribution < -0.4 is 5.32 Å². The molecule has 29 heavy (non-hydrogen) atoms. The number of halogens is 1. The van der Waals surface area contributed by atoms with E-state index in [1.165, 1.54) is 32.8 Å². The first kappa shape index (κ1) is 18.8. The van der Waals surface area contributed by atoms with Crippen LogP contribution in [0.2, 0.25) is 5.02 Å². The van der Waals surface area contributed by atoms with Crippen molar-refractivity contribution < 1.29 is 0 Å². The third-order valence-electron chi connectivity index (χ3n) is 6.11. The molecule has 0 aromatic heterocycles. The van der Waals surface area contributed by atoms with E-state index >= 15 is 0 Å². The number of benzene rings is 3. The standard InChI is InChI=1S/C26H24ClNS/c1-17-14-18(16-29-19-8-3-2-4-9-19)15-23-20-11-7-12-21(20)26(28-25(17)23)22-10-5-6-13-24(22)27/h2-11,13-15,20-21,26,28H,12,16H2,1H3/t20-,21+,26-/m0/s1. The second-order valence-electron chi connectivity index (χ2n) is 7.98. The molecule has 0 bridgehead atoms. The summed E-state index contributed by atoms with van der Waals surface area (Å²) in [5, 5.41) is 4.72. The van der Waals surface area contributed by atoms with E-state index in [0.717, 1.165) is 17.2 Å². The summed E-state index contributed by atoms with van der Waals surface area (Å²) in [5.74, 6) is 1.96. The molecular weight excluding hydrogens is 394 g/mol. The van der Waals surface area contributed by atoms with Crippen LogP contribution in [0, 0.1) is 12.8 Å².